The molecule has 0 saturated heterocycles. The average Bonchev–Trinajstić information content (AvgIpc) is 3.02. The highest BCUT2D eigenvalue weighted by molar-refractivity contribution is 5.50. The minimum absolute atomic E-state index is 0.0376. The summed E-state index contributed by atoms with van der Waals surface area (Å²) in [5, 5.41) is 4.32. The normalized spacial score (nSPS) is 18.7. The first-order valence-corrected chi connectivity index (χ1v) is 7.52. The lowest BCUT2D eigenvalue weighted by atomic mass is 10.1. The Morgan fingerprint density at radius 1 is 1.17 bits per heavy atom. The number of hydrogen-bond acceptors (Lipinski definition) is 2. The number of nitrogens with zero attached hydrogens (tertiary/aromatic N) is 2. The van der Waals surface area contributed by atoms with Gasteiger partial charge in [0, 0.05) is 29.8 Å². The lowest BCUT2D eigenvalue weighted by molar-refractivity contribution is -0.274. The first-order chi connectivity index (χ1) is 11.1. The number of benzene rings is 1. The summed E-state index contributed by atoms with van der Waals surface area (Å²) in [4.78, 5) is 0. The van der Waals surface area contributed by atoms with Crippen LogP contribution in [0.15, 0.2) is 30.5 Å². The molecule has 1 aromatic heterocycles. The third kappa shape index (κ3) is 3.39. The summed E-state index contributed by atoms with van der Waals surface area (Å²) in [6.45, 7) is 6.07. The van der Waals surface area contributed by atoms with Crippen LogP contribution in [0.5, 0.6) is 5.75 Å². The second kappa shape index (κ2) is 5.50. The van der Waals surface area contributed by atoms with Crippen LogP contribution in [0.25, 0.3) is 0 Å². The van der Waals surface area contributed by atoms with Crippen LogP contribution in [-0.2, 0) is 5.54 Å². The zero-order valence-electron chi connectivity index (χ0n) is 13.5. The summed E-state index contributed by atoms with van der Waals surface area (Å²) in [5.74, 6) is -0.370. The Kier molecular flexibility index (Phi) is 3.85. The molecule has 7 heteroatoms. The van der Waals surface area contributed by atoms with E-state index in [1.165, 1.54) is 6.07 Å². The highest BCUT2D eigenvalue weighted by Gasteiger charge is 2.44. The van der Waals surface area contributed by atoms with Gasteiger partial charge in [0.25, 0.3) is 0 Å². The van der Waals surface area contributed by atoms with Crippen LogP contribution >= 0.6 is 0 Å². The fraction of sp³-hybridized carbons (Fsp3) is 0.412. The van der Waals surface area contributed by atoms with E-state index in [2.05, 4.69) is 9.84 Å². The van der Waals surface area contributed by atoms with E-state index in [9.17, 15) is 17.6 Å². The van der Waals surface area contributed by atoms with Crippen molar-refractivity contribution in [2.45, 2.75) is 45.0 Å². The van der Waals surface area contributed by atoms with E-state index in [4.69, 9.17) is 0 Å². The molecule has 2 aromatic rings. The van der Waals surface area contributed by atoms with Gasteiger partial charge in [-0.3, -0.25) is 4.68 Å². The molecule has 3 rings (SSSR count). The van der Waals surface area contributed by atoms with Crippen molar-refractivity contribution in [1.29, 1.82) is 0 Å². The van der Waals surface area contributed by atoms with Crippen molar-refractivity contribution in [2.24, 2.45) is 0 Å². The van der Waals surface area contributed by atoms with Crippen molar-refractivity contribution in [1.82, 2.24) is 9.78 Å². The lowest BCUT2D eigenvalue weighted by Gasteiger charge is -2.22. The van der Waals surface area contributed by atoms with Gasteiger partial charge in [-0.2, -0.15) is 5.10 Å². The molecule has 1 saturated carbocycles. The van der Waals surface area contributed by atoms with Crippen molar-refractivity contribution in [2.75, 3.05) is 0 Å². The maximum Gasteiger partial charge on any atom is 0.573 e. The molecule has 1 fully saturated rings. The van der Waals surface area contributed by atoms with E-state index in [1.54, 1.807) is 6.20 Å². The van der Waals surface area contributed by atoms with Gasteiger partial charge in [-0.05, 0) is 44.9 Å². The summed E-state index contributed by atoms with van der Waals surface area (Å²) < 4.78 is 56.4. The molecule has 0 aliphatic heterocycles. The van der Waals surface area contributed by atoms with Crippen LogP contribution in [0.3, 0.4) is 0 Å². The van der Waals surface area contributed by atoms with Gasteiger partial charge in [0.2, 0.25) is 0 Å². The zero-order chi connectivity index (χ0) is 17.7. The molecule has 1 aromatic carbocycles. The first-order valence-electron chi connectivity index (χ1n) is 7.52. The van der Waals surface area contributed by atoms with Crippen molar-refractivity contribution in [3.05, 3.63) is 53.5 Å². The van der Waals surface area contributed by atoms with E-state index < -0.39 is 17.9 Å². The number of aromatic nitrogens is 2. The Morgan fingerprint density at radius 3 is 2.46 bits per heavy atom. The molecule has 1 radical (unpaired) electrons. The zero-order valence-corrected chi connectivity index (χ0v) is 13.5. The van der Waals surface area contributed by atoms with E-state index in [-0.39, 0.29) is 11.5 Å². The van der Waals surface area contributed by atoms with Crippen molar-refractivity contribution < 1.29 is 22.3 Å². The molecule has 1 atom stereocenters. The van der Waals surface area contributed by atoms with E-state index in [0.717, 1.165) is 23.7 Å². The monoisotopic (exact) mass is 341 g/mol. The molecule has 129 valence electrons. The second-order valence-corrected chi connectivity index (χ2v) is 6.81. The summed E-state index contributed by atoms with van der Waals surface area (Å²) >= 11 is 0. The number of halogens is 4. The quantitative estimate of drug-likeness (QED) is 0.751. The first kappa shape index (κ1) is 16.8. The summed E-state index contributed by atoms with van der Waals surface area (Å²) in [7, 11) is 0. The summed E-state index contributed by atoms with van der Waals surface area (Å²) in [5.41, 5.74) is 1.11. The fourth-order valence-corrected chi connectivity index (χ4v) is 2.83. The maximum atomic E-state index is 14.2. The maximum absolute atomic E-state index is 14.2. The van der Waals surface area contributed by atoms with Gasteiger partial charge in [0.1, 0.15) is 11.6 Å². The minimum atomic E-state index is -4.83. The van der Waals surface area contributed by atoms with Crippen LogP contribution in [-0.4, -0.2) is 16.1 Å². The third-order valence-electron chi connectivity index (χ3n) is 3.87. The Hall–Kier alpha value is -2.05. The predicted octanol–water partition coefficient (Wildman–Crippen LogP) is 4.79. The van der Waals surface area contributed by atoms with Crippen molar-refractivity contribution in [3.63, 3.8) is 0 Å². The molecule has 24 heavy (non-hydrogen) atoms. The van der Waals surface area contributed by atoms with Crippen LogP contribution < -0.4 is 4.74 Å². The van der Waals surface area contributed by atoms with Gasteiger partial charge < -0.3 is 4.74 Å². The van der Waals surface area contributed by atoms with E-state index >= 15 is 0 Å². The smallest absolute Gasteiger partial charge is 0.406 e. The van der Waals surface area contributed by atoms with Gasteiger partial charge in [-0.1, -0.05) is 6.07 Å². The number of alkyl halides is 3. The predicted molar refractivity (Wildman–Crippen MR) is 80.0 cm³/mol. The highest BCUT2D eigenvalue weighted by atomic mass is 19.4. The molecule has 1 heterocycles. The molecule has 0 spiro atoms. The van der Waals surface area contributed by atoms with E-state index in [1.807, 2.05) is 31.5 Å². The van der Waals surface area contributed by atoms with Crippen LogP contribution in [0.1, 0.15) is 44.4 Å². The number of ether oxygens (including phenoxy) is 1. The molecule has 0 bridgehead atoms. The van der Waals surface area contributed by atoms with Gasteiger partial charge in [0.05, 0.1) is 5.54 Å². The van der Waals surface area contributed by atoms with E-state index in [0.29, 0.717) is 12.0 Å². The molecular formula is C17H17F4N2O. The largest absolute Gasteiger partial charge is 0.573 e. The molecule has 1 aliphatic rings. The van der Waals surface area contributed by atoms with Crippen LogP contribution in [0, 0.1) is 11.7 Å². The van der Waals surface area contributed by atoms with Gasteiger partial charge >= 0.3 is 6.36 Å². The van der Waals surface area contributed by atoms with Crippen LogP contribution in [0.4, 0.5) is 17.6 Å². The van der Waals surface area contributed by atoms with Gasteiger partial charge in [-0.25, -0.2) is 4.39 Å². The minimum Gasteiger partial charge on any atom is -0.406 e. The SMILES string of the molecule is CC(C)(C)n1nccc1C1C[C]1c1ccc(OC(F)(F)F)cc1F. The number of hydrogen-bond donors (Lipinski definition) is 0. The summed E-state index contributed by atoms with van der Waals surface area (Å²) in [6, 6.07) is 5.13. The highest BCUT2D eigenvalue weighted by Crippen LogP contribution is 2.54. The van der Waals surface area contributed by atoms with Gasteiger partial charge in [0.15, 0.2) is 0 Å². The Bertz CT molecular complexity index is 746. The van der Waals surface area contributed by atoms with Crippen molar-refractivity contribution >= 4 is 0 Å². The Labute approximate surface area is 137 Å². The summed E-state index contributed by atoms with van der Waals surface area (Å²) in [6.07, 6.45) is -2.46. The Balaban J connectivity index is 1.80. The van der Waals surface area contributed by atoms with Crippen LogP contribution in [0.2, 0.25) is 0 Å². The molecule has 0 N–H and O–H groups in total. The standard InChI is InChI=1S/C17H17F4N2O/c1-16(2,3)23-15(6-7-22-23)13-9-12(13)11-5-4-10(8-14(11)18)24-17(19,20)21/h4-8,13H,9H2,1-3H3. The molecule has 3 nitrogen and oxygen atoms in total. The topological polar surface area (TPSA) is 27.1 Å². The fourth-order valence-electron chi connectivity index (χ4n) is 2.83. The van der Waals surface area contributed by atoms with Crippen molar-refractivity contribution in [3.8, 4) is 5.75 Å². The second-order valence-electron chi connectivity index (χ2n) is 6.81. The molecular weight excluding hydrogens is 324 g/mol. The lowest BCUT2D eigenvalue weighted by Crippen LogP contribution is -2.25. The molecule has 0 amide bonds. The molecule has 1 unspecified atom stereocenters. The third-order valence-corrected chi connectivity index (χ3v) is 3.87. The average molecular weight is 341 g/mol. The number of rotatable bonds is 3. The Morgan fingerprint density at radius 2 is 1.88 bits per heavy atom. The van der Waals surface area contributed by atoms with Gasteiger partial charge in [-0.15, -0.1) is 13.2 Å². The molecule has 1 aliphatic carbocycles.